The Kier molecular flexibility index (Phi) is 7.71. The van der Waals surface area contributed by atoms with Crippen molar-refractivity contribution in [1.82, 2.24) is 4.90 Å². The predicted octanol–water partition coefficient (Wildman–Crippen LogP) is 4.29. The first-order valence-corrected chi connectivity index (χ1v) is 13.9. The van der Waals surface area contributed by atoms with Crippen LogP contribution in [0.5, 0.6) is 5.75 Å². The van der Waals surface area contributed by atoms with E-state index in [1.54, 1.807) is 12.0 Å². The second-order valence-corrected chi connectivity index (χ2v) is 14.3. The topological polar surface area (TPSA) is 65.1 Å². The maximum absolute atomic E-state index is 13.3. The lowest BCUT2D eigenvalue weighted by Gasteiger charge is -2.51. The number of nitrogens with zero attached hydrogens (tertiary/aromatic N) is 1. The first-order valence-electron chi connectivity index (χ1n) is 11.8. The van der Waals surface area contributed by atoms with Crippen LogP contribution in [0.3, 0.4) is 0 Å². The van der Waals surface area contributed by atoms with E-state index >= 15 is 0 Å². The van der Waals surface area contributed by atoms with Gasteiger partial charge in [-0.3, -0.25) is 4.79 Å². The molecule has 6 nitrogen and oxygen atoms in total. The Bertz CT molecular complexity index is 876. The highest BCUT2D eigenvalue weighted by atomic mass is 79.9. The largest absolute Gasteiger partial charge is 0.497 e. The van der Waals surface area contributed by atoms with Crippen molar-refractivity contribution in [1.29, 1.82) is 0 Å². The predicted molar refractivity (Wildman–Crippen MR) is 135 cm³/mol. The number of benzene rings is 1. The number of alkyl halides is 1. The molecule has 1 amide bonds. The van der Waals surface area contributed by atoms with Gasteiger partial charge in [-0.15, -0.1) is 0 Å². The molecular weight excluding hydrogens is 502 g/mol. The summed E-state index contributed by atoms with van der Waals surface area (Å²) in [5, 5.41) is 0.166. The third-order valence-corrected chi connectivity index (χ3v) is 11.8. The molecule has 0 radical (unpaired) electrons. The summed E-state index contributed by atoms with van der Waals surface area (Å²) in [6, 6.07) is 7.36. The maximum atomic E-state index is 13.3. The number of β-lactam (4-membered cyclic amide) rings is 1. The lowest BCUT2D eigenvalue weighted by Crippen LogP contribution is -2.69. The Labute approximate surface area is 208 Å². The zero-order valence-electron chi connectivity index (χ0n) is 21.1. The van der Waals surface area contributed by atoms with Gasteiger partial charge in [0.25, 0.3) is 0 Å². The van der Waals surface area contributed by atoms with Gasteiger partial charge in [-0.05, 0) is 57.4 Å². The number of halogens is 1. The maximum Gasteiger partial charge on any atom is 0.343 e. The van der Waals surface area contributed by atoms with E-state index in [9.17, 15) is 9.59 Å². The minimum atomic E-state index is -1.15. The van der Waals surface area contributed by atoms with Crippen LogP contribution in [0.4, 0.5) is 0 Å². The van der Waals surface area contributed by atoms with Crippen LogP contribution in [0.15, 0.2) is 24.3 Å². The highest BCUT2D eigenvalue weighted by Gasteiger charge is 2.70. The van der Waals surface area contributed by atoms with Crippen molar-refractivity contribution < 1.29 is 23.5 Å². The average molecular weight is 541 g/mol. The van der Waals surface area contributed by atoms with Gasteiger partial charge in [-0.2, -0.15) is 0 Å². The third-order valence-electron chi connectivity index (χ3n) is 8.07. The number of ether oxygens (including phenoxy) is 2. The molecule has 1 aromatic carbocycles. The van der Waals surface area contributed by atoms with Crippen LogP contribution in [-0.4, -0.2) is 50.2 Å². The van der Waals surface area contributed by atoms with Crippen LogP contribution in [-0.2, 0) is 25.4 Å². The molecule has 184 valence electrons. The molecule has 0 spiro atoms. The lowest BCUT2D eigenvalue weighted by atomic mass is 9.78. The van der Waals surface area contributed by atoms with Crippen molar-refractivity contribution in [3.05, 3.63) is 29.8 Å². The summed E-state index contributed by atoms with van der Waals surface area (Å²) >= 11 is 3.66. The molecule has 3 unspecified atom stereocenters. The number of rotatable bonds is 9. The fourth-order valence-corrected chi connectivity index (χ4v) is 6.86. The Morgan fingerprint density at radius 2 is 1.82 bits per heavy atom. The Hall–Kier alpha value is -1.38. The number of amides is 1. The molecule has 0 aromatic heterocycles. The molecule has 0 aliphatic carbocycles. The monoisotopic (exact) mass is 539 g/mol. The van der Waals surface area contributed by atoms with Gasteiger partial charge in [0.05, 0.1) is 25.2 Å². The van der Waals surface area contributed by atoms with Crippen molar-refractivity contribution in [2.45, 2.75) is 76.7 Å². The summed E-state index contributed by atoms with van der Waals surface area (Å²) in [6.07, 6.45) is -0.150. The van der Waals surface area contributed by atoms with Crippen molar-refractivity contribution in [3.63, 3.8) is 0 Å². The molecule has 0 bridgehead atoms. The van der Waals surface area contributed by atoms with E-state index in [2.05, 4.69) is 50.5 Å². The molecule has 33 heavy (non-hydrogen) atoms. The lowest BCUT2D eigenvalue weighted by molar-refractivity contribution is -0.175. The summed E-state index contributed by atoms with van der Waals surface area (Å²) in [5.74, 6) is 0.672. The second kappa shape index (κ2) is 9.70. The Morgan fingerprint density at radius 1 is 1.21 bits per heavy atom. The van der Waals surface area contributed by atoms with Crippen LogP contribution < -0.4 is 4.74 Å². The van der Waals surface area contributed by atoms with Crippen molar-refractivity contribution in [2.24, 2.45) is 23.7 Å². The number of hydrogen-bond acceptors (Lipinski definition) is 5. The molecule has 0 saturated carbocycles. The summed E-state index contributed by atoms with van der Waals surface area (Å²) < 4.78 is 16.0. The summed E-state index contributed by atoms with van der Waals surface area (Å²) in [5.41, 5.74) is 0.864. The van der Waals surface area contributed by atoms with E-state index in [1.807, 2.05) is 38.1 Å². The molecule has 6 atom stereocenters. The molecule has 2 saturated heterocycles. The first-order chi connectivity index (χ1) is 15.4. The average Bonchev–Trinajstić information content (AvgIpc) is 2.95. The van der Waals surface area contributed by atoms with Crippen molar-refractivity contribution in [2.75, 3.05) is 7.11 Å². The van der Waals surface area contributed by atoms with E-state index in [0.29, 0.717) is 5.92 Å². The fourth-order valence-electron chi connectivity index (χ4n) is 4.69. The van der Waals surface area contributed by atoms with Gasteiger partial charge in [-0.1, -0.05) is 53.7 Å². The fraction of sp³-hybridized carbons (Fsp3) is 0.680. The van der Waals surface area contributed by atoms with E-state index in [4.69, 9.17) is 13.9 Å². The van der Waals surface area contributed by atoms with Gasteiger partial charge in [0, 0.05) is 5.92 Å². The van der Waals surface area contributed by atoms with E-state index in [-0.39, 0.29) is 47.5 Å². The van der Waals surface area contributed by atoms with Gasteiger partial charge in [0.1, 0.15) is 12.4 Å². The molecule has 2 heterocycles. The minimum absolute atomic E-state index is 0.0293. The summed E-state index contributed by atoms with van der Waals surface area (Å²) in [6.45, 7) is 15.2. The number of carbonyl (C=O) groups excluding carboxylic acids is 2. The molecule has 2 fully saturated rings. The highest BCUT2D eigenvalue weighted by Crippen LogP contribution is 2.56. The standard InChI is InChI=1S/C25H38BrNO5Si/c1-14(2)24(6,7)33-32-17(5)20-21-15(3)16(4)25(26,27(21)22(20)28)23(29)31-13-18-9-11-19(30-8)12-10-18/h9-12,14-17,20-21H,13,33H2,1-8H3/t15-,16?,17?,20+,21+,25?/m0/s1. The molecule has 2 aliphatic rings. The van der Waals surface area contributed by atoms with Crippen LogP contribution in [0, 0.1) is 23.7 Å². The van der Waals surface area contributed by atoms with E-state index in [1.165, 1.54) is 0 Å². The number of methoxy groups -OCH3 is 1. The molecule has 1 aromatic rings. The smallest absolute Gasteiger partial charge is 0.343 e. The highest BCUT2D eigenvalue weighted by molar-refractivity contribution is 9.10. The normalized spacial score (nSPS) is 30.5. The quantitative estimate of drug-likeness (QED) is 0.154. The SMILES string of the molecule is COc1ccc(COC(=O)C2(Br)C(C)[C@H](C)[C@@H]3[C@@H](C(C)O[SiH2]C(C)(C)C(C)C)C(=O)N32)cc1. The van der Waals surface area contributed by atoms with Gasteiger partial charge in [-0.25, -0.2) is 4.79 Å². The van der Waals surface area contributed by atoms with Gasteiger partial charge in [0.2, 0.25) is 5.91 Å². The number of carbonyl (C=O) groups is 2. The molecule has 8 heteroatoms. The third kappa shape index (κ3) is 4.63. The van der Waals surface area contributed by atoms with E-state index < -0.39 is 20.2 Å². The number of hydrogen-bond donors (Lipinski definition) is 0. The van der Waals surface area contributed by atoms with Gasteiger partial charge in [0.15, 0.2) is 14.2 Å². The Morgan fingerprint density at radius 3 is 2.36 bits per heavy atom. The molecule has 2 aliphatic heterocycles. The van der Waals surface area contributed by atoms with Crippen LogP contribution in [0.2, 0.25) is 5.04 Å². The number of fused-ring (bicyclic) bond motifs is 1. The van der Waals surface area contributed by atoms with Gasteiger partial charge < -0.3 is 18.8 Å². The molecule has 3 rings (SSSR count). The molecule has 0 N–H and O–H groups in total. The zero-order valence-corrected chi connectivity index (χ0v) is 24.1. The first kappa shape index (κ1) is 26.2. The van der Waals surface area contributed by atoms with E-state index in [0.717, 1.165) is 11.3 Å². The van der Waals surface area contributed by atoms with Crippen molar-refractivity contribution in [3.8, 4) is 5.75 Å². The summed E-state index contributed by atoms with van der Waals surface area (Å²) in [7, 11) is 0.788. The van der Waals surface area contributed by atoms with Crippen LogP contribution >= 0.6 is 15.9 Å². The van der Waals surface area contributed by atoms with Crippen LogP contribution in [0.1, 0.15) is 54.0 Å². The number of esters is 1. The van der Waals surface area contributed by atoms with Crippen LogP contribution in [0.25, 0.3) is 0 Å². The second-order valence-electron chi connectivity index (χ2n) is 10.6. The van der Waals surface area contributed by atoms with Crippen molar-refractivity contribution >= 4 is 37.6 Å². The summed E-state index contributed by atoms with van der Waals surface area (Å²) in [4.78, 5) is 28.3. The minimum Gasteiger partial charge on any atom is -0.497 e. The zero-order chi connectivity index (χ0) is 24.7. The molecular formula is C25H38BrNO5Si. The van der Waals surface area contributed by atoms with Gasteiger partial charge >= 0.3 is 5.97 Å². The Balaban J connectivity index is 1.68.